The third-order valence-electron chi connectivity index (χ3n) is 4.07. The second kappa shape index (κ2) is 8.11. The molecule has 1 saturated carbocycles. The van der Waals surface area contributed by atoms with E-state index in [1.165, 1.54) is 0 Å². The van der Waals surface area contributed by atoms with Crippen molar-refractivity contribution in [1.82, 2.24) is 10.6 Å². The lowest BCUT2D eigenvalue weighted by atomic mass is 10.0. The summed E-state index contributed by atoms with van der Waals surface area (Å²) in [6.45, 7) is 4.39. The predicted octanol–water partition coefficient (Wildman–Crippen LogP) is 1.74. The van der Waals surface area contributed by atoms with E-state index in [0.717, 1.165) is 18.4 Å². The Morgan fingerprint density at radius 3 is 2.35 bits per heavy atom. The summed E-state index contributed by atoms with van der Waals surface area (Å²) in [4.78, 5) is 24.8. The van der Waals surface area contributed by atoms with Gasteiger partial charge in [-0.05, 0) is 30.2 Å². The van der Waals surface area contributed by atoms with Gasteiger partial charge in [0.05, 0.1) is 0 Å². The molecule has 1 fully saturated rings. The highest BCUT2D eigenvalue weighted by Crippen LogP contribution is 2.32. The number of hydrogen-bond acceptors (Lipinski definition) is 3. The quantitative estimate of drug-likeness (QED) is 0.683. The number of carbonyl (C=O) groups is 2. The molecule has 1 aliphatic rings. The van der Waals surface area contributed by atoms with Crippen LogP contribution >= 0.6 is 0 Å². The van der Waals surface area contributed by atoms with Gasteiger partial charge in [-0.1, -0.05) is 44.2 Å². The fourth-order valence-electron chi connectivity index (χ4n) is 2.67. The van der Waals surface area contributed by atoms with Gasteiger partial charge in [0.2, 0.25) is 11.8 Å². The molecule has 1 aromatic carbocycles. The summed E-state index contributed by atoms with van der Waals surface area (Å²) < 4.78 is 0. The second-order valence-electron chi connectivity index (χ2n) is 6.70. The minimum absolute atomic E-state index is 0.00397. The molecule has 2 amide bonds. The van der Waals surface area contributed by atoms with Crippen molar-refractivity contribution < 1.29 is 9.59 Å². The maximum atomic E-state index is 12.7. The monoisotopic (exact) mass is 317 g/mol. The topological polar surface area (TPSA) is 84.2 Å². The zero-order valence-corrected chi connectivity index (χ0v) is 13.9. The molecule has 0 bridgehead atoms. The summed E-state index contributed by atoms with van der Waals surface area (Å²) >= 11 is 0. The Hall–Kier alpha value is -1.88. The summed E-state index contributed by atoms with van der Waals surface area (Å²) in [5.41, 5.74) is 6.55. The van der Waals surface area contributed by atoms with Crippen molar-refractivity contribution in [3.05, 3.63) is 35.9 Å². The molecule has 0 radical (unpaired) electrons. The minimum atomic E-state index is -0.671. The van der Waals surface area contributed by atoms with Crippen LogP contribution in [-0.2, 0) is 9.59 Å². The van der Waals surface area contributed by atoms with Crippen LogP contribution < -0.4 is 16.4 Å². The molecule has 2 atom stereocenters. The van der Waals surface area contributed by atoms with Gasteiger partial charge in [0.25, 0.3) is 0 Å². The fourth-order valence-corrected chi connectivity index (χ4v) is 2.67. The van der Waals surface area contributed by atoms with Crippen LogP contribution in [0.15, 0.2) is 30.3 Å². The molecule has 0 heterocycles. The molecule has 5 heteroatoms. The Bertz CT molecular complexity index is 526. The number of rotatable bonds is 8. The van der Waals surface area contributed by atoms with E-state index in [9.17, 15) is 9.59 Å². The minimum Gasteiger partial charge on any atom is -0.350 e. The number of nitrogens with one attached hydrogen (secondary N) is 2. The van der Waals surface area contributed by atoms with Crippen LogP contribution in [0.4, 0.5) is 0 Å². The molecule has 126 valence electrons. The third kappa shape index (κ3) is 5.36. The SMILES string of the molecule is CC(C)CC(=O)NC(C(=O)NC(CN)C1CC1)c1ccccc1. The highest BCUT2D eigenvalue weighted by atomic mass is 16.2. The molecule has 0 saturated heterocycles. The van der Waals surface area contributed by atoms with E-state index >= 15 is 0 Å². The summed E-state index contributed by atoms with van der Waals surface area (Å²) in [7, 11) is 0. The summed E-state index contributed by atoms with van der Waals surface area (Å²) in [5.74, 6) is 0.430. The van der Waals surface area contributed by atoms with Gasteiger partial charge in [-0.25, -0.2) is 0 Å². The first-order valence-electron chi connectivity index (χ1n) is 8.36. The van der Waals surface area contributed by atoms with Crippen LogP contribution in [0.25, 0.3) is 0 Å². The zero-order chi connectivity index (χ0) is 16.8. The van der Waals surface area contributed by atoms with Gasteiger partial charge in [-0.3, -0.25) is 9.59 Å². The molecule has 5 nitrogen and oxygen atoms in total. The van der Waals surface area contributed by atoms with Gasteiger partial charge < -0.3 is 16.4 Å². The third-order valence-corrected chi connectivity index (χ3v) is 4.07. The van der Waals surface area contributed by atoms with Gasteiger partial charge >= 0.3 is 0 Å². The summed E-state index contributed by atoms with van der Waals surface area (Å²) in [6, 6.07) is 8.66. The molecule has 2 rings (SSSR count). The van der Waals surface area contributed by atoms with Crippen LogP contribution in [0.3, 0.4) is 0 Å². The van der Waals surface area contributed by atoms with Gasteiger partial charge in [0.1, 0.15) is 6.04 Å². The Morgan fingerprint density at radius 1 is 1.17 bits per heavy atom. The molecule has 2 unspecified atom stereocenters. The maximum absolute atomic E-state index is 12.7. The predicted molar refractivity (Wildman–Crippen MR) is 90.5 cm³/mol. The van der Waals surface area contributed by atoms with E-state index in [0.29, 0.717) is 18.9 Å². The van der Waals surface area contributed by atoms with Gasteiger partial charge in [0.15, 0.2) is 0 Å². The average Bonchev–Trinajstić information content (AvgIpc) is 3.35. The van der Waals surface area contributed by atoms with E-state index in [-0.39, 0.29) is 23.8 Å². The number of nitrogens with two attached hydrogens (primary N) is 1. The second-order valence-corrected chi connectivity index (χ2v) is 6.70. The van der Waals surface area contributed by atoms with Gasteiger partial charge in [-0.15, -0.1) is 0 Å². The van der Waals surface area contributed by atoms with Crippen LogP contribution in [0, 0.1) is 11.8 Å². The van der Waals surface area contributed by atoms with E-state index in [2.05, 4.69) is 10.6 Å². The first-order valence-corrected chi connectivity index (χ1v) is 8.36. The largest absolute Gasteiger partial charge is 0.350 e. The molecule has 0 aromatic heterocycles. The average molecular weight is 317 g/mol. The van der Waals surface area contributed by atoms with Crippen LogP contribution in [0.2, 0.25) is 0 Å². The summed E-state index contributed by atoms with van der Waals surface area (Å²) in [5, 5.41) is 5.87. The lowest BCUT2D eigenvalue weighted by molar-refractivity contribution is -0.130. The smallest absolute Gasteiger partial charge is 0.247 e. The first-order chi connectivity index (χ1) is 11.0. The standard InChI is InChI=1S/C18H27N3O2/c1-12(2)10-16(22)21-17(14-6-4-3-5-7-14)18(23)20-15(11-19)13-8-9-13/h3-7,12-13,15,17H,8-11,19H2,1-2H3,(H,20,23)(H,21,22). The molecule has 0 spiro atoms. The Labute approximate surface area is 138 Å². The fraction of sp³-hybridized carbons (Fsp3) is 0.556. The molecule has 1 aliphatic carbocycles. The molecular weight excluding hydrogens is 290 g/mol. The van der Waals surface area contributed by atoms with Gasteiger partial charge in [0, 0.05) is 19.0 Å². The normalized spacial score (nSPS) is 16.7. The number of hydrogen-bond donors (Lipinski definition) is 3. The summed E-state index contributed by atoms with van der Waals surface area (Å²) in [6.07, 6.45) is 2.62. The molecule has 0 aliphatic heterocycles. The van der Waals surface area contributed by atoms with Crippen molar-refractivity contribution in [2.45, 2.75) is 45.2 Å². The zero-order valence-electron chi connectivity index (χ0n) is 13.9. The van der Waals surface area contributed by atoms with E-state index < -0.39 is 6.04 Å². The van der Waals surface area contributed by atoms with E-state index in [1.807, 2.05) is 44.2 Å². The van der Waals surface area contributed by atoms with Crippen LogP contribution in [0.5, 0.6) is 0 Å². The van der Waals surface area contributed by atoms with Crippen molar-refractivity contribution in [2.75, 3.05) is 6.54 Å². The van der Waals surface area contributed by atoms with Crippen LogP contribution in [-0.4, -0.2) is 24.4 Å². The molecule has 4 N–H and O–H groups in total. The van der Waals surface area contributed by atoms with Crippen LogP contribution in [0.1, 0.15) is 44.7 Å². The lowest BCUT2D eigenvalue weighted by Gasteiger charge is -2.23. The number of benzene rings is 1. The number of carbonyl (C=O) groups excluding carboxylic acids is 2. The Balaban J connectivity index is 2.09. The van der Waals surface area contributed by atoms with Crippen molar-refractivity contribution >= 4 is 11.8 Å². The Morgan fingerprint density at radius 2 is 1.83 bits per heavy atom. The molecular formula is C18H27N3O2. The Kier molecular flexibility index (Phi) is 6.16. The maximum Gasteiger partial charge on any atom is 0.247 e. The van der Waals surface area contributed by atoms with Gasteiger partial charge in [-0.2, -0.15) is 0 Å². The van der Waals surface area contributed by atoms with E-state index in [1.54, 1.807) is 0 Å². The highest BCUT2D eigenvalue weighted by molar-refractivity contribution is 5.88. The van der Waals surface area contributed by atoms with E-state index in [4.69, 9.17) is 5.73 Å². The van der Waals surface area contributed by atoms with Crippen molar-refractivity contribution in [1.29, 1.82) is 0 Å². The van der Waals surface area contributed by atoms with Crippen molar-refractivity contribution in [3.8, 4) is 0 Å². The first kappa shape index (κ1) is 17.5. The number of amides is 2. The lowest BCUT2D eigenvalue weighted by Crippen LogP contribution is -2.47. The molecule has 1 aromatic rings. The van der Waals surface area contributed by atoms with Crippen molar-refractivity contribution in [3.63, 3.8) is 0 Å². The molecule has 23 heavy (non-hydrogen) atoms. The highest BCUT2D eigenvalue weighted by Gasteiger charge is 2.33. The van der Waals surface area contributed by atoms with Crippen molar-refractivity contribution in [2.24, 2.45) is 17.6 Å².